The van der Waals surface area contributed by atoms with Gasteiger partial charge in [-0.2, -0.15) is 0 Å². The van der Waals surface area contributed by atoms with Gasteiger partial charge in [0, 0.05) is 31.1 Å². The number of pyridine rings is 1. The van der Waals surface area contributed by atoms with Crippen LogP contribution in [-0.4, -0.2) is 37.3 Å². The highest BCUT2D eigenvalue weighted by atomic mass is 16.3. The fourth-order valence-electron chi connectivity index (χ4n) is 2.06. The number of hydrogen-bond acceptors (Lipinski definition) is 4. The third kappa shape index (κ3) is 2.60. The molecule has 4 heteroatoms. The number of aliphatic hydroxyl groups excluding tert-OH is 1. The van der Waals surface area contributed by atoms with E-state index in [2.05, 4.69) is 22.4 Å². The predicted molar refractivity (Wildman–Crippen MR) is 74.9 cm³/mol. The van der Waals surface area contributed by atoms with Crippen LogP contribution < -0.4 is 10.2 Å². The molecule has 1 heterocycles. The summed E-state index contributed by atoms with van der Waals surface area (Å²) in [5.74, 6) is 0.928. The van der Waals surface area contributed by atoms with Crippen molar-refractivity contribution in [2.45, 2.75) is 6.54 Å². The molecule has 2 rings (SSSR count). The van der Waals surface area contributed by atoms with E-state index in [1.807, 2.05) is 37.2 Å². The van der Waals surface area contributed by atoms with Crippen molar-refractivity contribution in [3.05, 3.63) is 35.9 Å². The van der Waals surface area contributed by atoms with Crippen molar-refractivity contribution >= 4 is 16.7 Å². The molecule has 1 aromatic carbocycles. The average molecular weight is 245 g/mol. The molecule has 0 saturated heterocycles. The number of aromatic nitrogens is 1. The SMILES string of the molecule is CNCc1cc2ccccc2nc1N(C)CCO. The van der Waals surface area contributed by atoms with Gasteiger partial charge in [-0.25, -0.2) is 4.98 Å². The van der Waals surface area contributed by atoms with Gasteiger partial charge in [0.2, 0.25) is 0 Å². The molecule has 0 amide bonds. The summed E-state index contributed by atoms with van der Waals surface area (Å²) in [6.07, 6.45) is 0. The second-order valence-electron chi connectivity index (χ2n) is 4.34. The summed E-state index contributed by atoms with van der Waals surface area (Å²) >= 11 is 0. The van der Waals surface area contributed by atoms with Crippen LogP contribution in [0.15, 0.2) is 30.3 Å². The van der Waals surface area contributed by atoms with E-state index in [0.717, 1.165) is 28.8 Å². The standard InChI is InChI=1S/C14H19N3O/c1-15-10-12-9-11-5-3-4-6-13(11)16-14(12)17(2)7-8-18/h3-6,9,15,18H,7-8,10H2,1-2H3. The maximum Gasteiger partial charge on any atom is 0.133 e. The van der Waals surface area contributed by atoms with E-state index in [0.29, 0.717) is 6.54 Å². The van der Waals surface area contributed by atoms with Gasteiger partial charge in [0.1, 0.15) is 5.82 Å². The molecule has 1 aromatic heterocycles. The molecule has 0 aliphatic rings. The normalized spacial score (nSPS) is 10.8. The van der Waals surface area contributed by atoms with Crippen molar-refractivity contribution in [3.63, 3.8) is 0 Å². The molecular formula is C14H19N3O. The fourth-order valence-corrected chi connectivity index (χ4v) is 2.06. The Morgan fingerprint density at radius 1 is 1.33 bits per heavy atom. The van der Waals surface area contributed by atoms with Gasteiger partial charge in [-0.3, -0.25) is 0 Å². The molecule has 4 nitrogen and oxygen atoms in total. The summed E-state index contributed by atoms with van der Waals surface area (Å²) in [4.78, 5) is 6.67. The first-order chi connectivity index (χ1) is 8.76. The van der Waals surface area contributed by atoms with Gasteiger partial charge in [0.05, 0.1) is 12.1 Å². The molecule has 96 valence electrons. The molecule has 18 heavy (non-hydrogen) atoms. The number of rotatable bonds is 5. The maximum absolute atomic E-state index is 9.05. The molecule has 0 unspecified atom stereocenters. The summed E-state index contributed by atoms with van der Waals surface area (Å²) < 4.78 is 0. The number of benzene rings is 1. The van der Waals surface area contributed by atoms with E-state index in [-0.39, 0.29) is 6.61 Å². The topological polar surface area (TPSA) is 48.4 Å². The highest BCUT2D eigenvalue weighted by Crippen LogP contribution is 2.22. The van der Waals surface area contributed by atoms with Crippen molar-refractivity contribution in [1.82, 2.24) is 10.3 Å². The van der Waals surface area contributed by atoms with E-state index >= 15 is 0 Å². The monoisotopic (exact) mass is 245 g/mol. The Kier molecular flexibility index (Phi) is 4.12. The van der Waals surface area contributed by atoms with Gasteiger partial charge in [-0.15, -0.1) is 0 Å². The first kappa shape index (κ1) is 12.8. The Morgan fingerprint density at radius 3 is 2.83 bits per heavy atom. The summed E-state index contributed by atoms with van der Waals surface area (Å²) in [7, 11) is 3.87. The molecule has 0 spiro atoms. The Morgan fingerprint density at radius 2 is 2.11 bits per heavy atom. The van der Waals surface area contributed by atoms with Gasteiger partial charge in [-0.1, -0.05) is 18.2 Å². The molecule has 2 aromatic rings. The summed E-state index contributed by atoms with van der Waals surface area (Å²) in [5, 5.41) is 13.3. The average Bonchev–Trinajstić information content (AvgIpc) is 2.38. The van der Waals surface area contributed by atoms with E-state index in [9.17, 15) is 0 Å². The second kappa shape index (κ2) is 5.80. The second-order valence-corrected chi connectivity index (χ2v) is 4.34. The molecule has 0 radical (unpaired) electrons. The van der Waals surface area contributed by atoms with E-state index < -0.39 is 0 Å². The maximum atomic E-state index is 9.05. The van der Waals surface area contributed by atoms with Crippen molar-refractivity contribution in [3.8, 4) is 0 Å². The van der Waals surface area contributed by atoms with Gasteiger partial charge in [0.25, 0.3) is 0 Å². The first-order valence-corrected chi connectivity index (χ1v) is 6.11. The number of hydrogen-bond donors (Lipinski definition) is 2. The lowest BCUT2D eigenvalue weighted by Gasteiger charge is -2.21. The van der Waals surface area contributed by atoms with E-state index in [4.69, 9.17) is 5.11 Å². The minimum absolute atomic E-state index is 0.129. The number of nitrogens with zero attached hydrogens (tertiary/aromatic N) is 2. The smallest absolute Gasteiger partial charge is 0.133 e. The lowest BCUT2D eigenvalue weighted by molar-refractivity contribution is 0.304. The minimum Gasteiger partial charge on any atom is -0.395 e. The number of nitrogens with one attached hydrogen (secondary N) is 1. The highest BCUT2D eigenvalue weighted by molar-refractivity contribution is 5.81. The van der Waals surface area contributed by atoms with Crippen LogP contribution in [-0.2, 0) is 6.54 Å². The molecular weight excluding hydrogens is 226 g/mol. The largest absolute Gasteiger partial charge is 0.395 e. The third-order valence-electron chi connectivity index (χ3n) is 2.94. The minimum atomic E-state index is 0.129. The Balaban J connectivity index is 2.50. The number of para-hydroxylation sites is 1. The van der Waals surface area contributed by atoms with Crippen LogP contribution >= 0.6 is 0 Å². The van der Waals surface area contributed by atoms with Crippen molar-refractivity contribution < 1.29 is 5.11 Å². The predicted octanol–water partition coefficient (Wildman–Crippen LogP) is 1.38. The molecule has 0 atom stereocenters. The van der Waals surface area contributed by atoms with Crippen molar-refractivity contribution in [1.29, 1.82) is 0 Å². The Bertz CT molecular complexity index is 527. The molecule has 0 saturated carbocycles. The highest BCUT2D eigenvalue weighted by Gasteiger charge is 2.10. The van der Waals surface area contributed by atoms with Gasteiger partial charge < -0.3 is 15.3 Å². The zero-order valence-corrected chi connectivity index (χ0v) is 10.8. The van der Waals surface area contributed by atoms with E-state index in [1.165, 1.54) is 0 Å². The Hall–Kier alpha value is -1.65. The van der Waals surface area contributed by atoms with Gasteiger partial charge in [0.15, 0.2) is 0 Å². The summed E-state index contributed by atoms with van der Waals surface area (Å²) in [5.41, 5.74) is 2.13. The molecule has 0 aliphatic carbocycles. The van der Waals surface area contributed by atoms with Crippen LogP contribution in [0.5, 0.6) is 0 Å². The molecule has 0 fully saturated rings. The quantitative estimate of drug-likeness (QED) is 0.835. The van der Waals surface area contributed by atoms with Gasteiger partial charge >= 0.3 is 0 Å². The summed E-state index contributed by atoms with van der Waals surface area (Å²) in [6.45, 7) is 1.48. The zero-order chi connectivity index (χ0) is 13.0. The molecule has 0 aliphatic heterocycles. The number of fused-ring (bicyclic) bond motifs is 1. The zero-order valence-electron chi connectivity index (χ0n) is 10.8. The lowest BCUT2D eigenvalue weighted by atomic mass is 10.1. The van der Waals surface area contributed by atoms with Crippen LogP contribution in [0.2, 0.25) is 0 Å². The lowest BCUT2D eigenvalue weighted by Crippen LogP contribution is -2.24. The number of likely N-dealkylation sites (N-methyl/N-ethyl adjacent to an activating group) is 1. The van der Waals surface area contributed by atoms with Crippen LogP contribution in [0.4, 0.5) is 5.82 Å². The van der Waals surface area contributed by atoms with Crippen LogP contribution in [0, 0.1) is 0 Å². The van der Waals surface area contributed by atoms with E-state index in [1.54, 1.807) is 0 Å². The molecule has 0 bridgehead atoms. The number of aliphatic hydroxyl groups is 1. The van der Waals surface area contributed by atoms with Crippen LogP contribution in [0.1, 0.15) is 5.56 Å². The molecule has 2 N–H and O–H groups in total. The van der Waals surface area contributed by atoms with Gasteiger partial charge in [-0.05, 0) is 19.2 Å². The first-order valence-electron chi connectivity index (χ1n) is 6.11. The van der Waals surface area contributed by atoms with Crippen LogP contribution in [0.25, 0.3) is 10.9 Å². The number of anilines is 1. The Labute approximate surface area is 107 Å². The van der Waals surface area contributed by atoms with Crippen LogP contribution in [0.3, 0.4) is 0 Å². The van der Waals surface area contributed by atoms with Crippen molar-refractivity contribution in [2.75, 3.05) is 32.1 Å². The van der Waals surface area contributed by atoms with Crippen molar-refractivity contribution in [2.24, 2.45) is 0 Å². The summed E-state index contributed by atoms with van der Waals surface area (Å²) in [6, 6.07) is 10.2. The third-order valence-corrected chi connectivity index (χ3v) is 2.94. The fraction of sp³-hybridized carbons (Fsp3) is 0.357.